The lowest BCUT2D eigenvalue weighted by atomic mass is 10.0. The third-order valence-corrected chi connectivity index (χ3v) is 4.46. The van der Waals surface area contributed by atoms with Gasteiger partial charge in [-0.15, -0.1) is 0 Å². The molecule has 0 radical (unpaired) electrons. The molecule has 1 heterocycles. The number of hydrogen-bond acceptors (Lipinski definition) is 3. The minimum Gasteiger partial charge on any atom is -0.305 e. The maximum absolute atomic E-state index is 12.6. The van der Waals surface area contributed by atoms with Gasteiger partial charge < -0.3 is 5.43 Å². The number of carbonyl (C=O) groups excluding carboxylic acids is 1. The monoisotopic (exact) mass is 370 g/mol. The van der Waals surface area contributed by atoms with Gasteiger partial charge in [0.15, 0.2) is 0 Å². The Labute approximate surface area is 160 Å². The number of nitrogens with zero attached hydrogens (tertiary/aromatic N) is 1. The lowest BCUT2D eigenvalue weighted by molar-refractivity contribution is 0.0945. The Kier molecular flexibility index (Phi) is 4.51. The fraction of sp³-hybridized carbons (Fsp3) is 0. The Morgan fingerprint density at radius 1 is 0.964 bits per heavy atom. The summed E-state index contributed by atoms with van der Waals surface area (Å²) in [5.74, 6) is -0.294. The molecule has 0 aliphatic carbocycles. The highest BCUT2D eigenvalue weighted by molar-refractivity contribution is 6.06. The predicted octanol–water partition coefficient (Wildman–Crippen LogP) is 1.40. The molecule has 4 rings (SSSR count). The van der Waals surface area contributed by atoms with E-state index in [1.54, 1.807) is 6.07 Å². The summed E-state index contributed by atoms with van der Waals surface area (Å²) in [5.41, 5.74) is 6.31. The standard InChI is InChI=1S/C22H18N4O2/c1-15-20(22(28)26(25-15)17-10-3-2-4-11-17)14-23-24-21(27)19-13-7-9-16-8-5-6-12-18(16)19/h2-14,23,25H,1H2,(H,24,27)/b20-14-. The van der Waals surface area contributed by atoms with Gasteiger partial charge in [0.05, 0.1) is 16.3 Å². The summed E-state index contributed by atoms with van der Waals surface area (Å²) in [6, 6.07) is 22.4. The molecule has 0 saturated carbocycles. The van der Waals surface area contributed by atoms with Gasteiger partial charge in [-0.25, -0.2) is 4.68 Å². The number of H-pyrrole nitrogens is 1. The number of benzene rings is 3. The van der Waals surface area contributed by atoms with Gasteiger partial charge in [0.25, 0.3) is 11.5 Å². The highest BCUT2D eigenvalue weighted by Gasteiger charge is 2.09. The number of hydrogen-bond donors (Lipinski definition) is 3. The molecule has 0 unspecified atom stereocenters. The van der Waals surface area contributed by atoms with Gasteiger partial charge in [0, 0.05) is 11.8 Å². The first-order valence-electron chi connectivity index (χ1n) is 8.74. The van der Waals surface area contributed by atoms with Crippen molar-refractivity contribution < 1.29 is 4.79 Å². The van der Waals surface area contributed by atoms with E-state index in [2.05, 4.69) is 22.5 Å². The molecule has 6 heteroatoms. The van der Waals surface area contributed by atoms with Crippen LogP contribution in [-0.2, 0) is 0 Å². The number of nitrogens with one attached hydrogen (secondary N) is 3. The molecule has 3 aromatic carbocycles. The molecule has 28 heavy (non-hydrogen) atoms. The molecule has 6 nitrogen and oxygen atoms in total. The SMILES string of the molecule is C=c1[nH]n(-c2ccccc2)c(=O)/c1=C\NNC(=O)c1cccc2ccccc12. The van der Waals surface area contributed by atoms with E-state index in [0.29, 0.717) is 21.8 Å². The second kappa shape index (κ2) is 7.28. The number of rotatable bonds is 4. The number of carbonyl (C=O) groups is 1. The van der Waals surface area contributed by atoms with Crippen LogP contribution in [0, 0.1) is 0 Å². The van der Waals surface area contributed by atoms with Gasteiger partial charge in [-0.3, -0.25) is 20.1 Å². The molecule has 0 aliphatic heterocycles. The zero-order valence-electron chi connectivity index (χ0n) is 15.0. The van der Waals surface area contributed by atoms with Crippen molar-refractivity contribution in [2.45, 2.75) is 0 Å². The van der Waals surface area contributed by atoms with Gasteiger partial charge in [-0.1, -0.05) is 61.2 Å². The zero-order chi connectivity index (χ0) is 19.5. The molecule has 0 spiro atoms. The molecule has 0 aliphatic rings. The molecular formula is C22H18N4O2. The Balaban J connectivity index is 1.59. The molecule has 4 aromatic rings. The first-order chi connectivity index (χ1) is 13.6. The molecule has 0 bridgehead atoms. The van der Waals surface area contributed by atoms with Crippen LogP contribution in [-0.4, -0.2) is 15.7 Å². The topological polar surface area (TPSA) is 78.9 Å². The third kappa shape index (κ3) is 3.19. The van der Waals surface area contributed by atoms with E-state index >= 15 is 0 Å². The van der Waals surface area contributed by atoms with Crippen molar-refractivity contribution in [2.75, 3.05) is 0 Å². The maximum Gasteiger partial charge on any atom is 0.280 e. The Morgan fingerprint density at radius 3 is 2.50 bits per heavy atom. The third-order valence-electron chi connectivity index (χ3n) is 4.46. The predicted molar refractivity (Wildman–Crippen MR) is 110 cm³/mol. The summed E-state index contributed by atoms with van der Waals surface area (Å²) in [6.45, 7) is 3.86. The number of hydrazine groups is 1. The molecule has 0 saturated heterocycles. The second-order valence-corrected chi connectivity index (χ2v) is 6.25. The molecule has 3 N–H and O–H groups in total. The summed E-state index contributed by atoms with van der Waals surface area (Å²) < 4.78 is 1.41. The van der Waals surface area contributed by atoms with Crippen LogP contribution < -0.4 is 27.0 Å². The van der Waals surface area contributed by atoms with Crippen LogP contribution in [0.3, 0.4) is 0 Å². The van der Waals surface area contributed by atoms with Crippen molar-refractivity contribution in [2.24, 2.45) is 0 Å². The largest absolute Gasteiger partial charge is 0.305 e. The van der Waals surface area contributed by atoms with Crippen molar-refractivity contribution in [3.05, 3.63) is 99.3 Å². The van der Waals surface area contributed by atoms with Crippen molar-refractivity contribution in [3.8, 4) is 5.69 Å². The van der Waals surface area contributed by atoms with Crippen LogP contribution in [0.15, 0.2) is 77.6 Å². The maximum atomic E-state index is 12.6. The van der Waals surface area contributed by atoms with Gasteiger partial charge in [0.1, 0.15) is 0 Å². The lowest BCUT2D eigenvalue weighted by Gasteiger charge is -2.07. The average Bonchev–Trinajstić information content (AvgIpc) is 3.02. The number of fused-ring (bicyclic) bond motifs is 1. The van der Waals surface area contributed by atoms with Crippen molar-refractivity contribution in [1.29, 1.82) is 0 Å². The quantitative estimate of drug-likeness (QED) is 0.475. The number of aromatic nitrogens is 2. The summed E-state index contributed by atoms with van der Waals surface area (Å²) in [6.07, 6.45) is 1.43. The van der Waals surface area contributed by atoms with Crippen molar-refractivity contribution in [3.63, 3.8) is 0 Å². The van der Waals surface area contributed by atoms with E-state index in [0.717, 1.165) is 10.8 Å². The van der Waals surface area contributed by atoms with Crippen LogP contribution in [0.25, 0.3) is 29.2 Å². The lowest BCUT2D eigenvalue weighted by Crippen LogP contribution is -2.41. The smallest absolute Gasteiger partial charge is 0.280 e. The van der Waals surface area contributed by atoms with E-state index in [4.69, 9.17) is 0 Å². The van der Waals surface area contributed by atoms with E-state index < -0.39 is 0 Å². The highest BCUT2D eigenvalue weighted by atomic mass is 16.2. The average molecular weight is 370 g/mol. The number of amides is 1. The van der Waals surface area contributed by atoms with Crippen LogP contribution in [0.5, 0.6) is 0 Å². The van der Waals surface area contributed by atoms with E-state index in [-0.39, 0.29) is 11.5 Å². The summed E-state index contributed by atoms with van der Waals surface area (Å²) in [7, 11) is 0. The normalized spacial score (nSPS) is 11.5. The molecule has 0 fully saturated rings. The number of para-hydroxylation sites is 1. The van der Waals surface area contributed by atoms with E-state index in [9.17, 15) is 9.59 Å². The zero-order valence-corrected chi connectivity index (χ0v) is 15.0. The Morgan fingerprint density at radius 2 is 1.68 bits per heavy atom. The van der Waals surface area contributed by atoms with Crippen LogP contribution in [0.2, 0.25) is 0 Å². The van der Waals surface area contributed by atoms with Gasteiger partial charge >= 0.3 is 0 Å². The van der Waals surface area contributed by atoms with Crippen molar-refractivity contribution in [1.82, 2.24) is 20.6 Å². The second-order valence-electron chi connectivity index (χ2n) is 6.25. The summed E-state index contributed by atoms with van der Waals surface area (Å²) >= 11 is 0. The molecule has 1 amide bonds. The first kappa shape index (κ1) is 17.4. The Bertz CT molecular complexity index is 1310. The summed E-state index contributed by atoms with van der Waals surface area (Å²) in [4.78, 5) is 25.2. The van der Waals surface area contributed by atoms with Crippen LogP contribution in [0.4, 0.5) is 0 Å². The van der Waals surface area contributed by atoms with Crippen molar-refractivity contribution >= 4 is 29.5 Å². The van der Waals surface area contributed by atoms with Gasteiger partial charge in [0.2, 0.25) is 0 Å². The van der Waals surface area contributed by atoms with Gasteiger partial charge in [-0.2, -0.15) is 0 Å². The molecular weight excluding hydrogens is 352 g/mol. The Hall–Kier alpha value is -4.06. The highest BCUT2D eigenvalue weighted by Crippen LogP contribution is 2.17. The summed E-state index contributed by atoms with van der Waals surface area (Å²) in [5, 5.41) is 5.55. The van der Waals surface area contributed by atoms with Gasteiger partial charge in [-0.05, 0) is 29.0 Å². The fourth-order valence-corrected chi connectivity index (χ4v) is 3.07. The van der Waals surface area contributed by atoms with E-state index in [1.807, 2.05) is 66.7 Å². The van der Waals surface area contributed by atoms with E-state index in [1.165, 1.54) is 10.9 Å². The minimum atomic E-state index is -0.294. The fourth-order valence-electron chi connectivity index (χ4n) is 3.07. The van der Waals surface area contributed by atoms with Crippen LogP contribution >= 0.6 is 0 Å². The molecule has 1 aromatic heterocycles. The minimum absolute atomic E-state index is 0.261. The van der Waals surface area contributed by atoms with Crippen LogP contribution in [0.1, 0.15) is 10.4 Å². The molecule has 138 valence electrons. The number of aromatic amines is 1. The molecule has 0 atom stereocenters. The first-order valence-corrected chi connectivity index (χ1v) is 8.74.